The zero-order valence-electron chi connectivity index (χ0n) is 16.2. The fraction of sp³-hybridized carbons (Fsp3) is 0.143. The van der Waals surface area contributed by atoms with Crippen LogP contribution in [0.1, 0.15) is 11.3 Å². The lowest BCUT2D eigenvalue weighted by atomic mass is 10.2. The number of anilines is 1. The van der Waals surface area contributed by atoms with Gasteiger partial charge in [0.05, 0.1) is 21.4 Å². The zero-order chi connectivity index (χ0) is 20.8. The maximum atomic E-state index is 12.7. The van der Waals surface area contributed by atoms with Crippen LogP contribution in [0.15, 0.2) is 57.7 Å². The van der Waals surface area contributed by atoms with Gasteiger partial charge >= 0.3 is 5.76 Å². The molecule has 0 aliphatic carbocycles. The summed E-state index contributed by atoms with van der Waals surface area (Å²) >= 11 is 1.50. The summed E-state index contributed by atoms with van der Waals surface area (Å²) in [5.74, 6) is -0.437. The predicted octanol–water partition coefficient (Wildman–Crippen LogP) is 3.65. The van der Waals surface area contributed by atoms with E-state index in [9.17, 15) is 9.59 Å². The maximum Gasteiger partial charge on any atom is 0.420 e. The van der Waals surface area contributed by atoms with Crippen LogP contribution in [0.5, 0.6) is 0 Å². The number of aryl methyl sites for hydroxylation is 2. The molecule has 0 aliphatic heterocycles. The summed E-state index contributed by atoms with van der Waals surface area (Å²) in [6.07, 6.45) is 0. The number of hydrogen-bond donors (Lipinski definition) is 1. The fourth-order valence-electron chi connectivity index (χ4n) is 3.33. The highest BCUT2D eigenvalue weighted by Crippen LogP contribution is 2.28. The molecule has 0 spiro atoms. The van der Waals surface area contributed by atoms with Crippen LogP contribution in [0.4, 0.5) is 5.82 Å². The van der Waals surface area contributed by atoms with E-state index in [0.717, 1.165) is 21.5 Å². The number of hydrogen-bond acceptors (Lipinski definition) is 6. The van der Waals surface area contributed by atoms with Crippen LogP contribution < -0.4 is 11.1 Å². The monoisotopic (exact) mass is 419 g/mol. The van der Waals surface area contributed by atoms with E-state index in [0.29, 0.717) is 22.0 Å². The van der Waals surface area contributed by atoms with Crippen molar-refractivity contribution in [2.45, 2.75) is 20.4 Å². The minimum Gasteiger partial charge on any atom is -0.408 e. The van der Waals surface area contributed by atoms with Crippen molar-refractivity contribution in [3.63, 3.8) is 0 Å². The Bertz CT molecular complexity index is 1470. The second kappa shape index (κ2) is 6.96. The van der Waals surface area contributed by atoms with Crippen LogP contribution in [0.25, 0.3) is 26.4 Å². The number of oxazole rings is 1. The summed E-state index contributed by atoms with van der Waals surface area (Å²) in [4.78, 5) is 29.5. The van der Waals surface area contributed by atoms with Gasteiger partial charge in [0.2, 0.25) is 11.0 Å². The highest BCUT2D eigenvalue weighted by Gasteiger charge is 2.17. The van der Waals surface area contributed by atoms with Gasteiger partial charge in [-0.3, -0.25) is 9.36 Å². The van der Waals surface area contributed by atoms with E-state index in [4.69, 9.17) is 4.42 Å². The van der Waals surface area contributed by atoms with Gasteiger partial charge in [-0.2, -0.15) is 9.78 Å². The minimum atomic E-state index is -0.572. The molecule has 0 atom stereocenters. The zero-order valence-corrected chi connectivity index (χ0v) is 17.1. The molecule has 0 radical (unpaired) electrons. The van der Waals surface area contributed by atoms with E-state index in [1.165, 1.54) is 15.9 Å². The number of para-hydroxylation sites is 2. The van der Waals surface area contributed by atoms with Crippen LogP contribution in [0.3, 0.4) is 0 Å². The summed E-state index contributed by atoms with van der Waals surface area (Å²) in [6, 6.07) is 14.8. The number of aromatic nitrogens is 4. The Kier molecular flexibility index (Phi) is 4.25. The van der Waals surface area contributed by atoms with Crippen molar-refractivity contribution in [3.05, 3.63) is 70.3 Å². The lowest BCUT2D eigenvalue weighted by Crippen LogP contribution is -2.25. The van der Waals surface area contributed by atoms with Crippen molar-refractivity contribution in [1.82, 2.24) is 19.3 Å². The van der Waals surface area contributed by atoms with Gasteiger partial charge in [0, 0.05) is 6.07 Å². The van der Waals surface area contributed by atoms with E-state index in [1.54, 1.807) is 35.0 Å². The Labute approximate surface area is 174 Å². The molecule has 9 heteroatoms. The van der Waals surface area contributed by atoms with Crippen LogP contribution in [-0.4, -0.2) is 25.2 Å². The van der Waals surface area contributed by atoms with Gasteiger partial charge in [-0.25, -0.2) is 9.78 Å². The summed E-state index contributed by atoms with van der Waals surface area (Å²) in [5.41, 5.74) is 3.79. The van der Waals surface area contributed by atoms with Crippen LogP contribution in [0.2, 0.25) is 0 Å². The molecular formula is C21H17N5O3S. The second-order valence-electron chi connectivity index (χ2n) is 7.02. The third-order valence-corrected chi connectivity index (χ3v) is 5.68. The number of nitrogens with zero attached hydrogens (tertiary/aromatic N) is 4. The topological polar surface area (TPSA) is 95.0 Å². The molecule has 1 N–H and O–H groups in total. The first-order valence-corrected chi connectivity index (χ1v) is 10.1. The molecular weight excluding hydrogens is 402 g/mol. The summed E-state index contributed by atoms with van der Waals surface area (Å²) in [6.45, 7) is 3.71. The highest BCUT2D eigenvalue weighted by molar-refractivity contribution is 7.20. The van der Waals surface area contributed by atoms with Gasteiger partial charge in [-0.1, -0.05) is 29.5 Å². The number of thiazole rings is 1. The first-order chi connectivity index (χ1) is 14.5. The van der Waals surface area contributed by atoms with Crippen molar-refractivity contribution in [2.24, 2.45) is 0 Å². The number of nitrogens with one attached hydrogen (secondary N) is 1. The van der Waals surface area contributed by atoms with Crippen LogP contribution >= 0.6 is 11.3 Å². The quantitative estimate of drug-likeness (QED) is 0.480. The molecule has 0 saturated heterocycles. The second-order valence-corrected chi connectivity index (χ2v) is 8.03. The molecule has 0 bridgehead atoms. The Morgan fingerprint density at radius 2 is 2.00 bits per heavy atom. The predicted molar refractivity (Wildman–Crippen MR) is 115 cm³/mol. The van der Waals surface area contributed by atoms with Crippen LogP contribution in [0, 0.1) is 13.8 Å². The molecule has 5 aromatic rings. The number of fused-ring (bicyclic) bond motifs is 2. The lowest BCUT2D eigenvalue weighted by Gasteiger charge is -2.07. The van der Waals surface area contributed by atoms with Gasteiger partial charge in [0.15, 0.2) is 5.58 Å². The number of amides is 1. The maximum absolute atomic E-state index is 12.7. The first-order valence-electron chi connectivity index (χ1n) is 9.30. The Balaban J connectivity index is 1.45. The fourth-order valence-corrected chi connectivity index (χ4v) is 4.36. The van der Waals surface area contributed by atoms with Crippen molar-refractivity contribution in [2.75, 3.05) is 5.32 Å². The van der Waals surface area contributed by atoms with Crippen LogP contribution in [-0.2, 0) is 11.3 Å². The highest BCUT2D eigenvalue weighted by atomic mass is 32.1. The molecule has 0 fully saturated rings. The van der Waals surface area contributed by atoms with E-state index in [-0.39, 0.29) is 12.5 Å². The third-order valence-electron chi connectivity index (χ3n) is 4.69. The molecule has 8 nitrogen and oxygen atoms in total. The largest absolute Gasteiger partial charge is 0.420 e. The van der Waals surface area contributed by atoms with Crippen molar-refractivity contribution in [3.8, 4) is 5.13 Å². The van der Waals surface area contributed by atoms with E-state index in [2.05, 4.69) is 21.5 Å². The van der Waals surface area contributed by atoms with Crippen molar-refractivity contribution in [1.29, 1.82) is 0 Å². The Hall–Kier alpha value is -3.72. The molecule has 1 amide bonds. The average molecular weight is 419 g/mol. The normalized spacial score (nSPS) is 11.4. The van der Waals surface area contributed by atoms with Gasteiger partial charge in [0.25, 0.3) is 0 Å². The molecule has 30 heavy (non-hydrogen) atoms. The van der Waals surface area contributed by atoms with E-state index in [1.807, 2.05) is 26.0 Å². The molecule has 0 saturated carbocycles. The molecule has 150 valence electrons. The summed E-state index contributed by atoms with van der Waals surface area (Å²) in [5, 5.41) is 7.98. The summed E-state index contributed by atoms with van der Waals surface area (Å²) in [7, 11) is 0. The molecule has 5 rings (SSSR count). The van der Waals surface area contributed by atoms with E-state index < -0.39 is 5.76 Å². The SMILES string of the molecule is Cc1ccc2nc(-n3nc(C)cc3NC(=O)Cn3c(=O)oc4ccccc43)sc2c1. The number of carbonyl (C=O) groups is 1. The Morgan fingerprint density at radius 3 is 2.87 bits per heavy atom. The summed E-state index contributed by atoms with van der Waals surface area (Å²) < 4.78 is 9.16. The first kappa shape index (κ1) is 18.3. The number of benzene rings is 2. The average Bonchev–Trinajstić information content (AvgIpc) is 3.37. The molecule has 3 heterocycles. The molecule has 2 aromatic carbocycles. The lowest BCUT2D eigenvalue weighted by molar-refractivity contribution is -0.116. The van der Waals surface area contributed by atoms with Gasteiger partial charge in [0.1, 0.15) is 12.4 Å². The number of carbonyl (C=O) groups excluding carboxylic acids is 1. The molecule has 0 aliphatic rings. The smallest absolute Gasteiger partial charge is 0.408 e. The molecule has 0 unspecified atom stereocenters. The number of rotatable bonds is 4. The Morgan fingerprint density at radius 1 is 1.17 bits per heavy atom. The minimum absolute atomic E-state index is 0.168. The van der Waals surface area contributed by atoms with Gasteiger partial charge in [-0.15, -0.1) is 0 Å². The van der Waals surface area contributed by atoms with Crippen molar-refractivity contribution >= 4 is 44.4 Å². The third kappa shape index (κ3) is 3.18. The van der Waals surface area contributed by atoms with E-state index >= 15 is 0 Å². The molecule has 3 aromatic heterocycles. The van der Waals surface area contributed by atoms with Gasteiger partial charge in [-0.05, 0) is 43.7 Å². The standard InChI is InChI=1S/C21H17N5O3S/c1-12-7-8-14-17(9-12)30-20(22-14)26-18(10-13(2)24-26)23-19(27)11-25-15-5-3-4-6-16(15)29-21(25)28/h3-10H,11H2,1-2H3,(H,23,27). The van der Waals surface area contributed by atoms with Crippen molar-refractivity contribution < 1.29 is 9.21 Å². The van der Waals surface area contributed by atoms with Gasteiger partial charge < -0.3 is 9.73 Å².